The van der Waals surface area contributed by atoms with Crippen LogP contribution in [0.3, 0.4) is 0 Å². The number of nitrogens with zero attached hydrogens (tertiary/aromatic N) is 6. The number of amides is 2. The Morgan fingerprint density at radius 1 is 1.13 bits per heavy atom. The normalized spacial score (nSPS) is 21.5. The summed E-state index contributed by atoms with van der Waals surface area (Å²) in [7, 11) is 3.69. The number of aromatic nitrogens is 2. The summed E-state index contributed by atoms with van der Waals surface area (Å²) in [5.74, 6) is 1.26. The number of rotatable bonds is 6. The molecule has 5 rings (SSSR count). The lowest BCUT2D eigenvalue weighted by molar-refractivity contribution is 0.0749. The van der Waals surface area contributed by atoms with E-state index < -0.39 is 6.09 Å². The van der Waals surface area contributed by atoms with E-state index in [0.29, 0.717) is 62.7 Å². The number of ether oxygens (including phenoxy) is 2. The number of aryl methyl sites for hydroxylation is 1. The van der Waals surface area contributed by atoms with Gasteiger partial charge in [0.15, 0.2) is 0 Å². The summed E-state index contributed by atoms with van der Waals surface area (Å²) in [4.78, 5) is 42.3. The number of carboxylic acid groups (broad SMARTS) is 1. The number of anilines is 1. The highest BCUT2D eigenvalue weighted by Crippen LogP contribution is 2.34. The maximum absolute atomic E-state index is 13.6. The van der Waals surface area contributed by atoms with Crippen molar-refractivity contribution in [1.29, 1.82) is 0 Å². The fraction of sp³-hybridized carbons (Fsp3) is 0.556. The molecule has 0 saturated carbocycles. The van der Waals surface area contributed by atoms with E-state index in [2.05, 4.69) is 16.8 Å². The smallest absolute Gasteiger partial charge is 0.407 e. The highest BCUT2D eigenvalue weighted by Gasteiger charge is 2.35. The summed E-state index contributed by atoms with van der Waals surface area (Å²) >= 11 is 0. The van der Waals surface area contributed by atoms with Crippen molar-refractivity contribution < 1.29 is 24.2 Å². The molecule has 1 aromatic carbocycles. The Morgan fingerprint density at radius 2 is 1.95 bits per heavy atom. The number of piperazine rings is 1. The maximum Gasteiger partial charge on any atom is 0.407 e. The number of methoxy groups -OCH3 is 1. The van der Waals surface area contributed by atoms with Gasteiger partial charge in [0.05, 0.1) is 25.9 Å². The van der Waals surface area contributed by atoms with E-state index in [1.54, 1.807) is 18.1 Å². The van der Waals surface area contributed by atoms with Crippen LogP contribution in [0, 0.1) is 6.92 Å². The molecule has 11 nitrogen and oxygen atoms in total. The number of likely N-dealkylation sites (tertiary alicyclic amines) is 1. The van der Waals surface area contributed by atoms with Crippen molar-refractivity contribution in [3.8, 4) is 11.8 Å². The minimum absolute atomic E-state index is 0.0851. The van der Waals surface area contributed by atoms with Crippen molar-refractivity contribution in [2.75, 3.05) is 51.8 Å². The summed E-state index contributed by atoms with van der Waals surface area (Å²) in [6.45, 7) is 7.45. The monoisotopic (exact) mass is 524 g/mol. The van der Waals surface area contributed by atoms with Crippen LogP contribution in [0.4, 0.5) is 10.6 Å². The molecule has 38 heavy (non-hydrogen) atoms. The molecule has 204 valence electrons. The third-order valence-corrected chi connectivity index (χ3v) is 7.95. The van der Waals surface area contributed by atoms with Crippen LogP contribution in [0.15, 0.2) is 18.2 Å². The second-order valence-electron chi connectivity index (χ2n) is 10.5. The summed E-state index contributed by atoms with van der Waals surface area (Å²) in [5, 5.41) is 9.48. The first-order chi connectivity index (χ1) is 18.2. The summed E-state index contributed by atoms with van der Waals surface area (Å²) < 4.78 is 11.5. The molecule has 4 heterocycles. The van der Waals surface area contributed by atoms with Gasteiger partial charge in [-0.05, 0) is 58.0 Å². The van der Waals surface area contributed by atoms with E-state index in [1.165, 1.54) is 4.90 Å². The Hall–Kier alpha value is -3.60. The highest BCUT2D eigenvalue weighted by atomic mass is 16.5. The van der Waals surface area contributed by atoms with Crippen LogP contribution in [-0.4, -0.2) is 101 Å². The van der Waals surface area contributed by atoms with Crippen molar-refractivity contribution in [3.05, 3.63) is 40.6 Å². The summed E-state index contributed by atoms with van der Waals surface area (Å²) in [6.07, 6.45) is 1.30. The first-order valence-corrected chi connectivity index (χ1v) is 13.2. The fourth-order valence-corrected chi connectivity index (χ4v) is 5.60. The van der Waals surface area contributed by atoms with Gasteiger partial charge in [-0.2, -0.15) is 9.97 Å². The SMILES string of the molecule is COc1ccc(C)c(C(=O)N2Cc3nc(OCC4CCCN4C)nc(N4CCN(C(=O)O)CC4C)c3C2)c1. The van der Waals surface area contributed by atoms with Crippen LogP contribution in [0.2, 0.25) is 0 Å². The molecule has 0 aliphatic carbocycles. The van der Waals surface area contributed by atoms with Crippen molar-refractivity contribution >= 4 is 17.8 Å². The van der Waals surface area contributed by atoms with Gasteiger partial charge in [0.1, 0.15) is 18.2 Å². The molecule has 0 spiro atoms. The minimum Gasteiger partial charge on any atom is -0.497 e. The number of carbonyl (C=O) groups is 2. The molecule has 11 heteroatoms. The number of hydrogen-bond donors (Lipinski definition) is 1. The van der Waals surface area contributed by atoms with Crippen molar-refractivity contribution in [2.45, 2.75) is 51.9 Å². The average Bonchev–Trinajstić information content (AvgIpc) is 3.52. The quantitative estimate of drug-likeness (QED) is 0.609. The predicted octanol–water partition coefficient (Wildman–Crippen LogP) is 2.61. The molecule has 0 bridgehead atoms. The molecule has 2 amide bonds. The molecule has 3 aliphatic rings. The van der Waals surface area contributed by atoms with Gasteiger partial charge < -0.3 is 34.2 Å². The van der Waals surface area contributed by atoms with Crippen LogP contribution >= 0.6 is 0 Å². The van der Waals surface area contributed by atoms with Crippen LogP contribution in [0.25, 0.3) is 0 Å². The summed E-state index contributed by atoms with van der Waals surface area (Å²) in [5.41, 5.74) is 3.13. The molecule has 2 aromatic rings. The van der Waals surface area contributed by atoms with Crippen LogP contribution in [0.1, 0.15) is 46.9 Å². The zero-order valence-electron chi connectivity index (χ0n) is 22.5. The van der Waals surface area contributed by atoms with E-state index >= 15 is 0 Å². The van der Waals surface area contributed by atoms with Gasteiger partial charge in [0.25, 0.3) is 5.91 Å². The Bertz CT molecular complexity index is 1220. The molecule has 2 atom stereocenters. The standard InChI is InChI=1S/C27H36N6O5/c1-17-7-8-20(37-4)12-21(17)25(34)32-14-22-23(15-32)28-26(38-16-19-6-5-9-30(19)3)29-24(22)33-11-10-31(27(35)36)13-18(33)2/h7-8,12,18-19H,5-6,9-11,13-16H2,1-4H3,(H,35,36). The van der Waals surface area contributed by atoms with E-state index in [1.807, 2.05) is 26.0 Å². The van der Waals surface area contributed by atoms with Crippen molar-refractivity contribution in [3.63, 3.8) is 0 Å². The van der Waals surface area contributed by atoms with Gasteiger partial charge >= 0.3 is 12.1 Å². The molecule has 0 radical (unpaired) electrons. The van der Waals surface area contributed by atoms with Gasteiger partial charge in [-0.15, -0.1) is 0 Å². The Labute approximate surface area is 222 Å². The molecule has 2 unspecified atom stereocenters. The van der Waals surface area contributed by atoms with Crippen molar-refractivity contribution in [2.24, 2.45) is 0 Å². The lowest BCUT2D eigenvalue weighted by Gasteiger charge is -2.40. The zero-order valence-corrected chi connectivity index (χ0v) is 22.5. The summed E-state index contributed by atoms with van der Waals surface area (Å²) in [6, 6.07) is 6.04. The third-order valence-electron chi connectivity index (χ3n) is 7.95. The molecule has 2 saturated heterocycles. The fourth-order valence-electron chi connectivity index (χ4n) is 5.60. The van der Waals surface area contributed by atoms with Crippen LogP contribution in [0.5, 0.6) is 11.8 Å². The van der Waals surface area contributed by atoms with Gasteiger partial charge in [0, 0.05) is 42.8 Å². The first kappa shape index (κ1) is 26.0. The second-order valence-corrected chi connectivity index (χ2v) is 10.5. The molecular formula is C27H36N6O5. The lowest BCUT2D eigenvalue weighted by Crippen LogP contribution is -2.54. The number of hydrogen-bond acceptors (Lipinski definition) is 8. The van der Waals surface area contributed by atoms with Gasteiger partial charge in [-0.1, -0.05) is 6.07 Å². The van der Waals surface area contributed by atoms with Gasteiger partial charge in [-0.3, -0.25) is 4.79 Å². The molecular weight excluding hydrogens is 488 g/mol. The third kappa shape index (κ3) is 5.07. The maximum atomic E-state index is 13.6. The van der Waals surface area contributed by atoms with Crippen LogP contribution in [-0.2, 0) is 13.1 Å². The van der Waals surface area contributed by atoms with E-state index in [9.17, 15) is 14.7 Å². The van der Waals surface area contributed by atoms with Crippen molar-refractivity contribution in [1.82, 2.24) is 24.7 Å². The van der Waals surface area contributed by atoms with Gasteiger partial charge in [0.2, 0.25) is 0 Å². The first-order valence-electron chi connectivity index (χ1n) is 13.2. The minimum atomic E-state index is -0.917. The molecule has 3 aliphatic heterocycles. The Kier molecular flexibility index (Phi) is 7.29. The Morgan fingerprint density at radius 3 is 2.63 bits per heavy atom. The number of fused-ring (bicyclic) bond motifs is 1. The second kappa shape index (κ2) is 10.6. The van der Waals surface area contributed by atoms with Crippen LogP contribution < -0.4 is 14.4 Å². The molecule has 1 N–H and O–H groups in total. The lowest BCUT2D eigenvalue weighted by atomic mass is 10.1. The predicted molar refractivity (Wildman–Crippen MR) is 141 cm³/mol. The van der Waals surface area contributed by atoms with E-state index in [-0.39, 0.29) is 11.9 Å². The zero-order chi connectivity index (χ0) is 27.0. The average molecular weight is 525 g/mol. The van der Waals surface area contributed by atoms with E-state index in [4.69, 9.17) is 19.4 Å². The topological polar surface area (TPSA) is 112 Å². The largest absolute Gasteiger partial charge is 0.497 e. The number of likely N-dealkylation sites (N-methyl/N-ethyl adjacent to an activating group) is 1. The number of benzene rings is 1. The van der Waals surface area contributed by atoms with Gasteiger partial charge in [-0.25, -0.2) is 4.79 Å². The highest BCUT2D eigenvalue weighted by molar-refractivity contribution is 5.96. The van der Waals surface area contributed by atoms with E-state index in [0.717, 1.165) is 42.0 Å². The molecule has 2 fully saturated rings. The molecule has 1 aromatic heterocycles. The Balaban J connectivity index is 1.43. The number of carbonyl (C=O) groups excluding carboxylic acids is 1.